The molecule has 0 aliphatic heterocycles. The van der Waals surface area contributed by atoms with Gasteiger partial charge in [-0.2, -0.15) is 0 Å². The van der Waals surface area contributed by atoms with Gasteiger partial charge in [-0.25, -0.2) is 0 Å². The molecule has 1 aromatic rings. The Bertz CT molecular complexity index is 381. The summed E-state index contributed by atoms with van der Waals surface area (Å²) >= 11 is 0. The number of rotatable bonds is 1. The monoisotopic (exact) mass is 217 g/mol. The first-order valence-electron chi connectivity index (χ1n) is 6.10. The maximum atomic E-state index is 6.10. The van der Waals surface area contributed by atoms with Gasteiger partial charge in [0.05, 0.1) is 0 Å². The molecular formula is C15H23N. The summed E-state index contributed by atoms with van der Waals surface area (Å²) in [6.45, 7) is 11.2. The standard InChI is InChI=1S/C15H23N/c1-14(2,3)11-8-6-10(7-9-11)12-13(16)15(12,4)5/h6-9,12-13H,16H2,1-5H3/t12-,13-/m0/s1. The smallest absolute Gasteiger partial charge is 0.0172 e. The quantitative estimate of drug-likeness (QED) is 0.766. The largest absolute Gasteiger partial charge is 0.327 e. The second-order valence-corrected chi connectivity index (χ2v) is 6.70. The Hall–Kier alpha value is -0.820. The first-order chi connectivity index (χ1) is 7.24. The summed E-state index contributed by atoms with van der Waals surface area (Å²) in [5.74, 6) is 0.543. The van der Waals surface area contributed by atoms with Gasteiger partial charge in [-0.1, -0.05) is 58.9 Å². The minimum absolute atomic E-state index is 0.236. The minimum Gasteiger partial charge on any atom is -0.327 e. The number of hydrogen-bond donors (Lipinski definition) is 1. The molecule has 1 aliphatic rings. The molecule has 0 saturated heterocycles. The predicted octanol–water partition coefficient (Wildman–Crippen LogP) is 3.43. The molecule has 2 atom stereocenters. The maximum Gasteiger partial charge on any atom is 0.0172 e. The zero-order valence-corrected chi connectivity index (χ0v) is 11.0. The van der Waals surface area contributed by atoms with Crippen molar-refractivity contribution < 1.29 is 0 Å². The third-order valence-corrected chi connectivity index (χ3v) is 4.05. The van der Waals surface area contributed by atoms with E-state index in [1.165, 1.54) is 11.1 Å². The van der Waals surface area contributed by atoms with Crippen LogP contribution in [0.5, 0.6) is 0 Å². The van der Waals surface area contributed by atoms with Crippen molar-refractivity contribution in [3.05, 3.63) is 35.4 Å². The highest BCUT2D eigenvalue weighted by molar-refractivity contribution is 5.37. The number of benzene rings is 1. The van der Waals surface area contributed by atoms with Gasteiger partial charge in [0.1, 0.15) is 0 Å². The van der Waals surface area contributed by atoms with Gasteiger partial charge >= 0.3 is 0 Å². The Labute approximate surface area is 99.0 Å². The third kappa shape index (κ3) is 1.78. The van der Waals surface area contributed by atoms with Crippen LogP contribution in [0.1, 0.15) is 51.7 Å². The molecule has 16 heavy (non-hydrogen) atoms. The van der Waals surface area contributed by atoms with Crippen LogP contribution in [0.15, 0.2) is 24.3 Å². The van der Waals surface area contributed by atoms with E-state index in [0.717, 1.165) is 0 Å². The van der Waals surface area contributed by atoms with Crippen molar-refractivity contribution in [1.82, 2.24) is 0 Å². The molecule has 0 aromatic heterocycles. The van der Waals surface area contributed by atoms with Crippen LogP contribution in [0.25, 0.3) is 0 Å². The highest BCUT2D eigenvalue weighted by Gasteiger charge is 2.55. The van der Waals surface area contributed by atoms with Crippen molar-refractivity contribution in [3.8, 4) is 0 Å². The summed E-state index contributed by atoms with van der Waals surface area (Å²) in [5, 5.41) is 0. The topological polar surface area (TPSA) is 26.0 Å². The molecule has 0 radical (unpaired) electrons. The Morgan fingerprint density at radius 2 is 1.50 bits per heavy atom. The van der Waals surface area contributed by atoms with E-state index in [1.807, 2.05) is 0 Å². The molecule has 2 N–H and O–H groups in total. The summed E-state index contributed by atoms with van der Waals surface area (Å²) in [6, 6.07) is 9.32. The van der Waals surface area contributed by atoms with E-state index >= 15 is 0 Å². The fourth-order valence-electron chi connectivity index (χ4n) is 2.50. The van der Waals surface area contributed by atoms with E-state index in [4.69, 9.17) is 5.73 Å². The zero-order chi connectivity index (χ0) is 12.1. The molecule has 1 aromatic carbocycles. The van der Waals surface area contributed by atoms with Gasteiger partial charge in [0.25, 0.3) is 0 Å². The van der Waals surface area contributed by atoms with Crippen LogP contribution >= 0.6 is 0 Å². The van der Waals surface area contributed by atoms with Gasteiger partial charge in [-0.05, 0) is 22.0 Å². The lowest BCUT2D eigenvalue weighted by molar-refractivity contribution is 0.588. The van der Waals surface area contributed by atoms with Crippen LogP contribution in [0.4, 0.5) is 0 Å². The molecule has 1 fully saturated rings. The molecule has 1 nitrogen and oxygen atoms in total. The molecule has 0 amide bonds. The van der Waals surface area contributed by atoms with Crippen LogP contribution in [0.2, 0.25) is 0 Å². The van der Waals surface area contributed by atoms with Gasteiger partial charge in [-0.3, -0.25) is 0 Å². The molecule has 0 heterocycles. The van der Waals surface area contributed by atoms with Gasteiger partial charge in [-0.15, -0.1) is 0 Å². The number of hydrogen-bond acceptors (Lipinski definition) is 1. The highest BCUT2D eigenvalue weighted by Crippen LogP contribution is 2.57. The van der Waals surface area contributed by atoms with Crippen molar-refractivity contribution >= 4 is 0 Å². The summed E-state index contributed by atoms with van der Waals surface area (Å²) in [5.41, 5.74) is 9.40. The summed E-state index contributed by atoms with van der Waals surface area (Å²) in [6.07, 6.45) is 0. The number of nitrogens with two attached hydrogens (primary N) is 1. The molecule has 0 unspecified atom stereocenters. The van der Waals surface area contributed by atoms with E-state index in [0.29, 0.717) is 12.0 Å². The predicted molar refractivity (Wildman–Crippen MR) is 69.6 cm³/mol. The zero-order valence-electron chi connectivity index (χ0n) is 11.0. The Morgan fingerprint density at radius 1 is 1.06 bits per heavy atom. The lowest BCUT2D eigenvalue weighted by Crippen LogP contribution is -2.10. The fraction of sp³-hybridized carbons (Fsp3) is 0.600. The lowest BCUT2D eigenvalue weighted by atomic mass is 9.86. The van der Waals surface area contributed by atoms with Crippen molar-refractivity contribution in [1.29, 1.82) is 0 Å². The van der Waals surface area contributed by atoms with E-state index < -0.39 is 0 Å². The second kappa shape index (κ2) is 3.33. The van der Waals surface area contributed by atoms with Crippen molar-refractivity contribution in [2.24, 2.45) is 11.1 Å². The van der Waals surface area contributed by atoms with Gasteiger partial charge in [0, 0.05) is 12.0 Å². The first-order valence-corrected chi connectivity index (χ1v) is 6.10. The average Bonchev–Trinajstić information content (AvgIpc) is 2.65. The molecule has 1 heteroatoms. The van der Waals surface area contributed by atoms with Crippen LogP contribution in [0, 0.1) is 5.41 Å². The van der Waals surface area contributed by atoms with Crippen LogP contribution in [-0.4, -0.2) is 6.04 Å². The summed E-state index contributed by atoms with van der Waals surface area (Å²) in [4.78, 5) is 0. The van der Waals surface area contributed by atoms with Gasteiger partial charge in [0.15, 0.2) is 0 Å². The molecular weight excluding hydrogens is 194 g/mol. The molecule has 88 valence electrons. The van der Waals surface area contributed by atoms with E-state index in [2.05, 4.69) is 58.9 Å². The minimum atomic E-state index is 0.236. The van der Waals surface area contributed by atoms with Crippen LogP contribution in [-0.2, 0) is 5.41 Å². The lowest BCUT2D eigenvalue weighted by Gasteiger charge is -2.19. The van der Waals surface area contributed by atoms with E-state index in [9.17, 15) is 0 Å². The second-order valence-electron chi connectivity index (χ2n) is 6.70. The first kappa shape index (κ1) is 11.7. The normalized spacial score (nSPS) is 27.9. The molecule has 0 bridgehead atoms. The third-order valence-electron chi connectivity index (χ3n) is 4.05. The van der Waals surface area contributed by atoms with Crippen molar-refractivity contribution in [2.75, 3.05) is 0 Å². The average molecular weight is 217 g/mol. The van der Waals surface area contributed by atoms with Crippen LogP contribution in [0.3, 0.4) is 0 Å². The van der Waals surface area contributed by atoms with E-state index in [-0.39, 0.29) is 10.8 Å². The molecule has 1 aliphatic carbocycles. The molecule has 1 saturated carbocycles. The molecule has 0 spiro atoms. The van der Waals surface area contributed by atoms with Gasteiger partial charge < -0.3 is 5.73 Å². The van der Waals surface area contributed by atoms with Gasteiger partial charge in [0.2, 0.25) is 0 Å². The highest BCUT2D eigenvalue weighted by atomic mass is 14.8. The SMILES string of the molecule is CC(C)(C)c1ccc([C@H]2[C@H](N)C2(C)C)cc1. The summed E-state index contributed by atoms with van der Waals surface area (Å²) < 4.78 is 0. The summed E-state index contributed by atoms with van der Waals surface area (Å²) in [7, 11) is 0. The van der Waals surface area contributed by atoms with Crippen molar-refractivity contribution in [3.63, 3.8) is 0 Å². The fourth-order valence-corrected chi connectivity index (χ4v) is 2.50. The maximum absolute atomic E-state index is 6.10. The Morgan fingerprint density at radius 3 is 1.81 bits per heavy atom. The Balaban J connectivity index is 2.22. The van der Waals surface area contributed by atoms with Crippen LogP contribution < -0.4 is 5.73 Å². The van der Waals surface area contributed by atoms with Crippen molar-refractivity contribution in [2.45, 2.75) is 52.0 Å². The Kier molecular flexibility index (Phi) is 2.43. The molecule has 2 rings (SSSR count). The van der Waals surface area contributed by atoms with E-state index in [1.54, 1.807) is 0 Å².